The molecule has 2 aromatic carbocycles. The lowest BCUT2D eigenvalue weighted by atomic mass is 9.91. The monoisotopic (exact) mass is 466 g/mol. The molecular weight excluding hydrogens is 438 g/mol. The molecule has 0 atom stereocenters. The predicted octanol–water partition coefficient (Wildman–Crippen LogP) is 5.31. The normalized spacial score (nSPS) is 19.5. The van der Waals surface area contributed by atoms with E-state index in [0.29, 0.717) is 23.0 Å². The second-order valence-corrected chi connectivity index (χ2v) is 9.65. The van der Waals surface area contributed by atoms with Crippen molar-refractivity contribution in [1.82, 2.24) is 20.1 Å². The van der Waals surface area contributed by atoms with Gasteiger partial charge in [0.05, 0.1) is 11.4 Å². The summed E-state index contributed by atoms with van der Waals surface area (Å²) in [4.78, 5) is 5.06. The molecule has 0 radical (unpaired) electrons. The summed E-state index contributed by atoms with van der Waals surface area (Å²) in [5, 5.41) is 10.4. The van der Waals surface area contributed by atoms with Crippen LogP contribution >= 0.6 is 0 Å². The van der Waals surface area contributed by atoms with Crippen molar-refractivity contribution in [2.24, 2.45) is 0 Å². The molecule has 8 heteroatoms. The molecule has 2 saturated heterocycles. The highest BCUT2D eigenvalue weighted by Gasteiger charge is 2.27. The molecule has 4 aromatic rings. The van der Waals surface area contributed by atoms with Gasteiger partial charge in [-0.15, -0.1) is 0 Å². The zero-order valence-corrected chi connectivity index (χ0v) is 19.1. The van der Waals surface area contributed by atoms with E-state index in [9.17, 15) is 8.78 Å². The van der Waals surface area contributed by atoms with Crippen molar-refractivity contribution in [3.8, 4) is 0 Å². The number of nitrogens with zero attached hydrogens (tertiary/aromatic N) is 4. The van der Waals surface area contributed by atoms with E-state index in [4.69, 9.17) is 9.05 Å². The van der Waals surface area contributed by atoms with Gasteiger partial charge in [0.15, 0.2) is 11.2 Å². The van der Waals surface area contributed by atoms with Crippen molar-refractivity contribution in [3.05, 3.63) is 59.4 Å². The number of hydrogen-bond donors (Lipinski definition) is 0. The van der Waals surface area contributed by atoms with Crippen molar-refractivity contribution in [1.29, 1.82) is 0 Å². The standard InChI is InChI=1S/C26H28F2N4O2/c27-19-1-3-21-23(15-19)33-29-25(21)17-5-9-31(10-6-17)13-14-32-11-7-18(8-12-32)26-22-4-2-20(28)16-24(22)34-30-26/h1-4,15-18H,5-14H2. The molecule has 2 aliphatic rings. The molecule has 2 fully saturated rings. The van der Waals surface area contributed by atoms with Gasteiger partial charge in [-0.3, -0.25) is 0 Å². The summed E-state index contributed by atoms with van der Waals surface area (Å²) in [6, 6.07) is 9.35. The molecule has 0 N–H and O–H groups in total. The second-order valence-electron chi connectivity index (χ2n) is 9.65. The first-order valence-corrected chi connectivity index (χ1v) is 12.2. The van der Waals surface area contributed by atoms with E-state index in [1.165, 1.54) is 24.3 Å². The van der Waals surface area contributed by atoms with E-state index in [2.05, 4.69) is 20.1 Å². The molecule has 2 aromatic heterocycles. The topological polar surface area (TPSA) is 58.5 Å². The van der Waals surface area contributed by atoms with Gasteiger partial charge in [-0.1, -0.05) is 10.3 Å². The van der Waals surface area contributed by atoms with E-state index in [0.717, 1.165) is 87.1 Å². The summed E-state index contributed by atoms with van der Waals surface area (Å²) in [7, 11) is 0. The van der Waals surface area contributed by atoms with Gasteiger partial charge in [-0.25, -0.2) is 8.78 Å². The van der Waals surface area contributed by atoms with Crippen molar-refractivity contribution in [2.75, 3.05) is 39.3 Å². The quantitative estimate of drug-likeness (QED) is 0.398. The summed E-state index contributed by atoms with van der Waals surface area (Å²) in [6.45, 7) is 6.29. The van der Waals surface area contributed by atoms with Crippen LogP contribution in [0.5, 0.6) is 0 Å². The van der Waals surface area contributed by atoms with Gasteiger partial charge in [0.2, 0.25) is 0 Å². The Morgan fingerprint density at radius 1 is 0.676 bits per heavy atom. The number of fused-ring (bicyclic) bond motifs is 2. The first kappa shape index (κ1) is 21.7. The highest BCUT2D eigenvalue weighted by Crippen LogP contribution is 2.34. The molecule has 34 heavy (non-hydrogen) atoms. The van der Waals surface area contributed by atoms with Gasteiger partial charge in [-0.05, 0) is 76.1 Å². The van der Waals surface area contributed by atoms with Crippen LogP contribution in [0, 0.1) is 11.6 Å². The van der Waals surface area contributed by atoms with E-state index < -0.39 is 0 Å². The minimum absolute atomic E-state index is 0.293. The molecule has 6 nitrogen and oxygen atoms in total. The summed E-state index contributed by atoms with van der Waals surface area (Å²) in [5.41, 5.74) is 3.01. The third-order valence-electron chi connectivity index (χ3n) is 7.60. The Hall–Kier alpha value is -2.84. The number of halogens is 2. The second kappa shape index (κ2) is 9.07. The lowest BCUT2D eigenvalue weighted by Gasteiger charge is -2.35. The largest absolute Gasteiger partial charge is 0.356 e. The highest BCUT2D eigenvalue weighted by molar-refractivity contribution is 5.80. The van der Waals surface area contributed by atoms with Crippen molar-refractivity contribution in [3.63, 3.8) is 0 Å². The average molecular weight is 467 g/mol. The SMILES string of the molecule is Fc1ccc2c(C3CCN(CCN4CCC(c5noc6cc(F)ccc56)CC4)CC3)noc2c1. The number of likely N-dealkylation sites (tertiary alicyclic amines) is 2. The van der Waals surface area contributed by atoms with E-state index in [1.807, 2.05) is 0 Å². The van der Waals surface area contributed by atoms with Crippen LogP contribution in [-0.2, 0) is 0 Å². The molecule has 6 rings (SSSR count). The van der Waals surface area contributed by atoms with Gasteiger partial charge in [0.25, 0.3) is 0 Å². The molecule has 0 spiro atoms. The van der Waals surface area contributed by atoms with Crippen LogP contribution in [-0.4, -0.2) is 59.4 Å². The number of rotatable bonds is 5. The minimum Gasteiger partial charge on any atom is -0.356 e. The fraction of sp³-hybridized carbons (Fsp3) is 0.462. The molecule has 0 aliphatic carbocycles. The summed E-state index contributed by atoms with van der Waals surface area (Å²) in [6.07, 6.45) is 4.17. The molecule has 0 saturated carbocycles. The van der Waals surface area contributed by atoms with Gasteiger partial charge in [0, 0.05) is 47.8 Å². The Bertz CT molecular complexity index is 1190. The number of piperidine rings is 2. The van der Waals surface area contributed by atoms with Gasteiger partial charge in [0.1, 0.15) is 11.6 Å². The Labute approximate surface area is 196 Å². The van der Waals surface area contributed by atoms with Crippen molar-refractivity contribution < 1.29 is 17.8 Å². The summed E-state index contributed by atoms with van der Waals surface area (Å²) < 4.78 is 37.6. The zero-order valence-electron chi connectivity index (χ0n) is 19.1. The van der Waals surface area contributed by atoms with Gasteiger partial charge < -0.3 is 18.8 Å². The molecule has 0 amide bonds. The molecule has 2 aliphatic heterocycles. The van der Waals surface area contributed by atoms with Crippen LogP contribution in [0.15, 0.2) is 45.4 Å². The Kier molecular flexibility index (Phi) is 5.79. The maximum atomic E-state index is 13.4. The van der Waals surface area contributed by atoms with Crippen LogP contribution in [0.2, 0.25) is 0 Å². The highest BCUT2D eigenvalue weighted by atomic mass is 19.1. The fourth-order valence-corrected chi connectivity index (χ4v) is 5.59. The molecule has 0 unspecified atom stereocenters. The van der Waals surface area contributed by atoms with Crippen LogP contribution in [0.1, 0.15) is 48.9 Å². The zero-order chi connectivity index (χ0) is 23.1. The lowest BCUT2D eigenvalue weighted by Crippen LogP contribution is -2.41. The van der Waals surface area contributed by atoms with Crippen molar-refractivity contribution in [2.45, 2.75) is 37.5 Å². The molecular formula is C26H28F2N4O2. The number of aromatic nitrogens is 2. The first-order chi connectivity index (χ1) is 16.6. The smallest absolute Gasteiger partial charge is 0.170 e. The van der Waals surface area contributed by atoms with Crippen LogP contribution < -0.4 is 0 Å². The summed E-state index contributed by atoms with van der Waals surface area (Å²) in [5.74, 6) is 0.145. The Morgan fingerprint density at radius 2 is 1.09 bits per heavy atom. The molecule has 178 valence electrons. The van der Waals surface area contributed by atoms with Crippen LogP contribution in [0.25, 0.3) is 21.9 Å². The van der Waals surface area contributed by atoms with Gasteiger partial charge >= 0.3 is 0 Å². The Balaban J connectivity index is 0.983. The number of hydrogen-bond acceptors (Lipinski definition) is 6. The first-order valence-electron chi connectivity index (χ1n) is 12.2. The predicted molar refractivity (Wildman–Crippen MR) is 125 cm³/mol. The number of benzene rings is 2. The summed E-state index contributed by atoms with van der Waals surface area (Å²) >= 11 is 0. The van der Waals surface area contributed by atoms with E-state index >= 15 is 0 Å². The third kappa shape index (κ3) is 4.20. The average Bonchev–Trinajstić information content (AvgIpc) is 3.47. The molecule has 4 heterocycles. The maximum Gasteiger partial charge on any atom is 0.170 e. The van der Waals surface area contributed by atoms with E-state index in [1.54, 1.807) is 12.1 Å². The maximum absolute atomic E-state index is 13.4. The van der Waals surface area contributed by atoms with Crippen LogP contribution in [0.3, 0.4) is 0 Å². The lowest BCUT2D eigenvalue weighted by molar-refractivity contribution is 0.151. The Morgan fingerprint density at radius 3 is 1.50 bits per heavy atom. The van der Waals surface area contributed by atoms with Crippen LogP contribution in [0.4, 0.5) is 8.78 Å². The minimum atomic E-state index is -0.293. The van der Waals surface area contributed by atoms with Crippen molar-refractivity contribution >= 4 is 21.9 Å². The van der Waals surface area contributed by atoms with Gasteiger partial charge in [-0.2, -0.15) is 0 Å². The van der Waals surface area contributed by atoms with E-state index in [-0.39, 0.29) is 11.6 Å². The molecule has 0 bridgehead atoms. The fourth-order valence-electron chi connectivity index (χ4n) is 5.59. The third-order valence-corrected chi connectivity index (χ3v) is 7.60.